The van der Waals surface area contributed by atoms with Crippen LogP contribution >= 0.6 is 22.9 Å². The van der Waals surface area contributed by atoms with E-state index in [2.05, 4.69) is 17.2 Å². The molecule has 1 heterocycles. The third kappa shape index (κ3) is 2.48. The Bertz CT molecular complexity index is 606. The van der Waals surface area contributed by atoms with Gasteiger partial charge in [0.25, 0.3) is 0 Å². The van der Waals surface area contributed by atoms with Gasteiger partial charge in [-0.3, -0.25) is 0 Å². The molecule has 1 unspecified atom stereocenters. The number of fused-ring (bicyclic) bond motifs is 1. The number of halogens is 2. The standard InChI is InChI=1S/C15H16ClFN2S/c1-2-18-11-7-4-8-12-14(11)19-15(20-12)13-9(16)5-3-6-10(13)17/h3,5-6,11,18H,2,4,7-8H2,1H3. The van der Waals surface area contributed by atoms with Crippen molar-refractivity contribution < 1.29 is 4.39 Å². The molecule has 0 radical (unpaired) electrons. The van der Waals surface area contributed by atoms with Crippen LogP contribution in [0.2, 0.25) is 5.02 Å². The maximum atomic E-state index is 14.0. The molecule has 1 aliphatic rings. The molecule has 1 aromatic carbocycles. The van der Waals surface area contributed by atoms with Crippen LogP contribution in [-0.4, -0.2) is 11.5 Å². The fourth-order valence-electron chi connectivity index (χ4n) is 2.67. The van der Waals surface area contributed by atoms with Crippen LogP contribution in [0.3, 0.4) is 0 Å². The second-order valence-corrected chi connectivity index (χ2v) is 6.42. The van der Waals surface area contributed by atoms with E-state index in [0.29, 0.717) is 21.6 Å². The number of benzene rings is 1. The maximum absolute atomic E-state index is 14.0. The highest BCUT2D eigenvalue weighted by Gasteiger charge is 2.25. The van der Waals surface area contributed by atoms with Gasteiger partial charge in [-0.1, -0.05) is 24.6 Å². The summed E-state index contributed by atoms with van der Waals surface area (Å²) in [6.45, 7) is 3.01. The van der Waals surface area contributed by atoms with Crippen molar-refractivity contribution in [2.75, 3.05) is 6.54 Å². The lowest BCUT2D eigenvalue weighted by Crippen LogP contribution is -2.24. The highest BCUT2D eigenvalue weighted by Crippen LogP contribution is 2.40. The maximum Gasteiger partial charge on any atom is 0.134 e. The number of thiazole rings is 1. The van der Waals surface area contributed by atoms with Crippen molar-refractivity contribution in [3.05, 3.63) is 39.6 Å². The quantitative estimate of drug-likeness (QED) is 0.897. The van der Waals surface area contributed by atoms with Crippen molar-refractivity contribution in [3.8, 4) is 10.6 Å². The highest BCUT2D eigenvalue weighted by atomic mass is 35.5. The lowest BCUT2D eigenvalue weighted by atomic mass is 9.97. The summed E-state index contributed by atoms with van der Waals surface area (Å²) in [6, 6.07) is 5.06. The Hall–Kier alpha value is -0.970. The molecular formula is C15H16ClFN2S. The zero-order chi connectivity index (χ0) is 14.1. The predicted molar refractivity (Wildman–Crippen MR) is 81.9 cm³/mol. The fourth-order valence-corrected chi connectivity index (χ4v) is 4.21. The van der Waals surface area contributed by atoms with E-state index in [4.69, 9.17) is 11.6 Å². The Morgan fingerprint density at radius 3 is 3.10 bits per heavy atom. The summed E-state index contributed by atoms with van der Waals surface area (Å²) in [5.74, 6) is -0.302. The molecule has 1 aromatic heterocycles. The molecule has 0 bridgehead atoms. The van der Waals surface area contributed by atoms with Crippen molar-refractivity contribution in [1.82, 2.24) is 10.3 Å². The van der Waals surface area contributed by atoms with E-state index >= 15 is 0 Å². The lowest BCUT2D eigenvalue weighted by molar-refractivity contribution is 0.465. The predicted octanol–water partition coefficient (Wildman–Crippen LogP) is 4.59. The summed E-state index contributed by atoms with van der Waals surface area (Å²) in [4.78, 5) is 5.93. The second kappa shape index (κ2) is 5.80. The Kier molecular flexibility index (Phi) is 4.06. The van der Waals surface area contributed by atoms with Crippen molar-refractivity contribution in [1.29, 1.82) is 0 Å². The molecule has 1 atom stereocenters. The largest absolute Gasteiger partial charge is 0.309 e. The summed E-state index contributed by atoms with van der Waals surface area (Å²) in [5, 5.41) is 4.58. The second-order valence-electron chi connectivity index (χ2n) is 4.93. The Labute approximate surface area is 127 Å². The van der Waals surface area contributed by atoms with E-state index in [0.717, 1.165) is 31.5 Å². The minimum atomic E-state index is -0.302. The molecule has 0 spiro atoms. The molecule has 1 aliphatic carbocycles. The molecule has 0 fully saturated rings. The Morgan fingerprint density at radius 2 is 2.35 bits per heavy atom. The van der Waals surface area contributed by atoms with Gasteiger partial charge in [0.1, 0.15) is 10.8 Å². The molecule has 106 valence electrons. The number of aryl methyl sites for hydroxylation is 1. The fraction of sp³-hybridized carbons (Fsp3) is 0.400. The van der Waals surface area contributed by atoms with E-state index in [1.165, 1.54) is 10.9 Å². The topological polar surface area (TPSA) is 24.9 Å². The first-order chi connectivity index (χ1) is 9.70. The van der Waals surface area contributed by atoms with E-state index in [-0.39, 0.29) is 5.82 Å². The van der Waals surface area contributed by atoms with Crippen LogP contribution < -0.4 is 5.32 Å². The molecule has 0 aliphatic heterocycles. The van der Waals surface area contributed by atoms with Crippen LogP contribution in [0, 0.1) is 5.82 Å². The molecule has 1 N–H and O–H groups in total. The summed E-state index contributed by atoms with van der Waals surface area (Å²) in [5.41, 5.74) is 1.52. The smallest absolute Gasteiger partial charge is 0.134 e. The summed E-state index contributed by atoms with van der Waals surface area (Å²) in [6.07, 6.45) is 3.27. The SMILES string of the molecule is CCNC1CCCc2sc(-c3c(F)cccc3Cl)nc21. The minimum absolute atomic E-state index is 0.291. The summed E-state index contributed by atoms with van der Waals surface area (Å²) >= 11 is 7.71. The molecule has 2 aromatic rings. The van der Waals surface area contributed by atoms with Gasteiger partial charge >= 0.3 is 0 Å². The van der Waals surface area contributed by atoms with Crippen molar-refractivity contribution in [3.63, 3.8) is 0 Å². The monoisotopic (exact) mass is 310 g/mol. The van der Waals surface area contributed by atoms with Gasteiger partial charge < -0.3 is 5.32 Å². The minimum Gasteiger partial charge on any atom is -0.309 e. The zero-order valence-corrected chi connectivity index (χ0v) is 12.8. The number of rotatable bonds is 3. The van der Waals surface area contributed by atoms with Crippen LogP contribution in [0.5, 0.6) is 0 Å². The molecular weight excluding hydrogens is 295 g/mol. The van der Waals surface area contributed by atoms with Gasteiger partial charge in [-0.2, -0.15) is 0 Å². The number of aromatic nitrogens is 1. The lowest BCUT2D eigenvalue weighted by Gasteiger charge is -2.21. The number of hydrogen-bond acceptors (Lipinski definition) is 3. The van der Waals surface area contributed by atoms with Crippen LogP contribution in [0.4, 0.5) is 4.39 Å². The third-order valence-corrected chi connectivity index (χ3v) is 5.04. The molecule has 0 saturated carbocycles. The van der Waals surface area contributed by atoms with Crippen molar-refractivity contribution in [2.24, 2.45) is 0 Å². The Balaban J connectivity index is 2.05. The summed E-state index contributed by atoms with van der Waals surface area (Å²) < 4.78 is 14.0. The van der Waals surface area contributed by atoms with Gasteiger partial charge in [0.05, 0.1) is 22.3 Å². The molecule has 0 amide bonds. The van der Waals surface area contributed by atoms with E-state index in [9.17, 15) is 4.39 Å². The van der Waals surface area contributed by atoms with Crippen LogP contribution in [0.25, 0.3) is 10.6 Å². The number of nitrogens with zero attached hydrogens (tertiary/aromatic N) is 1. The first kappa shape index (κ1) is 14.0. The van der Waals surface area contributed by atoms with Gasteiger partial charge in [0, 0.05) is 4.88 Å². The third-order valence-electron chi connectivity index (χ3n) is 3.58. The van der Waals surface area contributed by atoms with Gasteiger partial charge in [-0.15, -0.1) is 11.3 Å². The normalized spacial score (nSPS) is 18.1. The van der Waals surface area contributed by atoms with Crippen LogP contribution in [0.15, 0.2) is 18.2 Å². The van der Waals surface area contributed by atoms with Crippen molar-refractivity contribution >= 4 is 22.9 Å². The first-order valence-electron chi connectivity index (χ1n) is 6.88. The van der Waals surface area contributed by atoms with E-state index in [1.807, 2.05) is 0 Å². The molecule has 3 rings (SSSR count). The molecule has 0 saturated heterocycles. The Morgan fingerprint density at radius 1 is 1.50 bits per heavy atom. The van der Waals surface area contributed by atoms with Crippen LogP contribution in [-0.2, 0) is 6.42 Å². The average Bonchev–Trinajstić information content (AvgIpc) is 2.83. The van der Waals surface area contributed by atoms with E-state index < -0.39 is 0 Å². The van der Waals surface area contributed by atoms with E-state index in [1.54, 1.807) is 23.5 Å². The van der Waals surface area contributed by atoms with Gasteiger partial charge in [-0.05, 0) is 37.9 Å². The molecule has 2 nitrogen and oxygen atoms in total. The number of nitrogens with one attached hydrogen (secondary N) is 1. The highest BCUT2D eigenvalue weighted by molar-refractivity contribution is 7.15. The first-order valence-corrected chi connectivity index (χ1v) is 8.07. The molecule has 5 heteroatoms. The number of hydrogen-bond donors (Lipinski definition) is 1. The molecule has 20 heavy (non-hydrogen) atoms. The van der Waals surface area contributed by atoms with Gasteiger partial charge in [-0.25, -0.2) is 9.37 Å². The van der Waals surface area contributed by atoms with Crippen molar-refractivity contribution in [2.45, 2.75) is 32.2 Å². The summed E-state index contributed by atoms with van der Waals surface area (Å²) in [7, 11) is 0. The van der Waals surface area contributed by atoms with Crippen LogP contribution in [0.1, 0.15) is 36.4 Å². The zero-order valence-electron chi connectivity index (χ0n) is 11.2. The van der Waals surface area contributed by atoms with Gasteiger partial charge in [0.2, 0.25) is 0 Å². The average molecular weight is 311 g/mol. The van der Waals surface area contributed by atoms with Gasteiger partial charge in [0.15, 0.2) is 0 Å².